The number of hydrogen-bond donors (Lipinski definition) is 1. The molecule has 0 amide bonds. The van der Waals surface area contributed by atoms with Gasteiger partial charge in [-0.3, -0.25) is 0 Å². The minimum atomic E-state index is 0.645. The summed E-state index contributed by atoms with van der Waals surface area (Å²) in [6, 6.07) is 0. The van der Waals surface area contributed by atoms with Crippen LogP contribution < -0.4 is 0 Å². The molecule has 0 aliphatic carbocycles. The molecule has 0 aromatic heterocycles. The summed E-state index contributed by atoms with van der Waals surface area (Å²) in [6.45, 7) is 11.3. The monoisotopic (exact) mass is 318 g/mol. The van der Waals surface area contributed by atoms with Gasteiger partial charge < -0.3 is 5.11 Å². The number of unbranched alkanes of at least 4 members (excludes halogenated alkanes) is 1. The topological polar surface area (TPSA) is 20.2 Å². The van der Waals surface area contributed by atoms with Crippen molar-refractivity contribution in [1.29, 1.82) is 0 Å². The summed E-state index contributed by atoms with van der Waals surface area (Å²) >= 11 is 0. The molecule has 23 heavy (non-hydrogen) atoms. The van der Waals surface area contributed by atoms with E-state index in [0.717, 1.165) is 44.9 Å². The zero-order chi connectivity index (χ0) is 17.2. The molecule has 1 heteroatoms. The van der Waals surface area contributed by atoms with Crippen LogP contribution in [0.1, 0.15) is 101 Å². The highest BCUT2D eigenvalue weighted by atomic mass is 16.3. The van der Waals surface area contributed by atoms with Crippen LogP contribution in [0.15, 0.2) is 0 Å². The van der Waals surface area contributed by atoms with Crippen molar-refractivity contribution in [3.05, 3.63) is 27.8 Å². The molecule has 1 aromatic carbocycles. The van der Waals surface area contributed by atoms with E-state index in [4.69, 9.17) is 0 Å². The lowest BCUT2D eigenvalue weighted by molar-refractivity contribution is 0.455. The average Bonchev–Trinajstić information content (AvgIpc) is 2.54. The molecule has 0 radical (unpaired) electrons. The van der Waals surface area contributed by atoms with E-state index in [2.05, 4.69) is 34.6 Å². The van der Waals surface area contributed by atoms with Crippen molar-refractivity contribution in [2.45, 2.75) is 105 Å². The number of phenolic OH excluding ortho intramolecular Hbond substituents is 1. The summed E-state index contributed by atoms with van der Waals surface area (Å²) in [5.74, 6) is 0.645. The van der Waals surface area contributed by atoms with Crippen molar-refractivity contribution in [2.75, 3.05) is 0 Å². The number of phenols is 1. The second kappa shape index (κ2) is 10.7. The average molecular weight is 319 g/mol. The van der Waals surface area contributed by atoms with Gasteiger partial charge in [-0.25, -0.2) is 0 Å². The third-order valence-electron chi connectivity index (χ3n) is 4.81. The summed E-state index contributed by atoms with van der Waals surface area (Å²) in [5, 5.41) is 11.1. The predicted octanol–water partition coefficient (Wildman–Crippen LogP) is 6.54. The van der Waals surface area contributed by atoms with Crippen molar-refractivity contribution < 1.29 is 5.11 Å². The molecule has 1 N–H and O–H groups in total. The van der Waals surface area contributed by atoms with E-state index in [9.17, 15) is 5.11 Å². The molecule has 132 valence electrons. The Balaban J connectivity index is 3.58. The van der Waals surface area contributed by atoms with Gasteiger partial charge in [-0.2, -0.15) is 0 Å². The van der Waals surface area contributed by atoms with Crippen LogP contribution in [0, 0.1) is 0 Å². The Morgan fingerprint density at radius 1 is 0.478 bits per heavy atom. The van der Waals surface area contributed by atoms with Crippen LogP contribution in [0.5, 0.6) is 5.75 Å². The van der Waals surface area contributed by atoms with Crippen LogP contribution in [-0.4, -0.2) is 5.11 Å². The molecule has 1 aromatic rings. The maximum atomic E-state index is 11.1. The maximum absolute atomic E-state index is 11.1. The van der Waals surface area contributed by atoms with Crippen LogP contribution in [0.3, 0.4) is 0 Å². The van der Waals surface area contributed by atoms with Crippen LogP contribution in [-0.2, 0) is 32.1 Å². The van der Waals surface area contributed by atoms with E-state index in [-0.39, 0.29) is 0 Å². The van der Waals surface area contributed by atoms with Gasteiger partial charge in [-0.1, -0.05) is 66.7 Å². The smallest absolute Gasteiger partial charge is 0.122 e. The first kappa shape index (κ1) is 20.1. The third kappa shape index (κ3) is 4.99. The summed E-state index contributed by atoms with van der Waals surface area (Å²) in [7, 11) is 0. The van der Waals surface area contributed by atoms with Gasteiger partial charge in [0.05, 0.1) is 0 Å². The van der Waals surface area contributed by atoms with Crippen LogP contribution in [0.2, 0.25) is 0 Å². The molecule has 0 bridgehead atoms. The van der Waals surface area contributed by atoms with Crippen molar-refractivity contribution >= 4 is 0 Å². The van der Waals surface area contributed by atoms with Gasteiger partial charge >= 0.3 is 0 Å². The molecular weight excluding hydrogens is 280 g/mol. The highest BCUT2D eigenvalue weighted by Gasteiger charge is 2.21. The van der Waals surface area contributed by atoms with Gasteiger partial charge in [0.2, 0.25) is 0 Å². The Hall–Kier alpha value is -0.980. The normalized spacial score (nSPS) is 11.2. The van der Waals surface area contributed by atoms with Crippen molar-refractivity contribution in [1.82, 2.24) is 0 Å². The van der Waals surface area contributed by atoms with Crippen LogP contribution in [0.25, 0.3) is 0 Å². The van der Waals surface area contributed by atoms with E-state index in [0.29, 0.717) is 5.75 Å². The summed E-state index contributed by atoms with van der Waals surface area (Å²) in [4.78, 5) is 0. The molecule has 0 unspecified atom stereocenters. The Kier molecular flexibility index (Phi) is 9.36. The van der Waals surface area contributed by atoms with Crippen LogP contribution in [0.4, 0.5) is 0 Å². The zero-order valence-electron chi connectivity index (χ0n) is 16.2. The fourth-order valence-electron chi connectivity index (χ4n) is 3.81. The molecule has 1 rings (SSSR count). The Morgan fingerprint density at radius 2 is 0.826 bits per heavy atom. The minimum Gasteiger partial charge on any atom is -0.507 e. The first-order valence-electron chi connectivity index (χ1n) is 10.0. The van der Waals surface area contributed by atoms with Gasteiger partial charge in [0.15, 0.2) is 0 Å². The first-order valence-corrected chi connectivity index (χ1v) is 10.0. The molecule has 1 nitrogen and oxygen atoms in total. The van der Waals surface area contributed by atoms with E-state index >= 15 is 0 Å². The lowest BCUT2D eigenvalue weighted by atomic mass is 9.82. The molecule has 0 atom stereocenters. The number of hydrogen-bond acceptors (Lipinski definition) is 1. The van der Waals surface area contributed by atoms with Gasteiger partial charge in [-0.15, -0.1) is 0 Å². The molecule has 0 aliphatic rings. The van der Waals surface area contributed by atoms with Crippen molar-refractivity contribution in [3.8, 4) is 5.75 Å². The second-order valence-electron chi connectivity index (χ2n) is 6.84. The molecular formula is C22H38O. The van der Waals surface area contributed by atoms with Gasteiger partial charge in [-0.05, 0) is 66.3 Å². The van der Waals surface area contributed by atoms with Gasteiger partial charge in [0, 0.05) is 0 Å². The predicted molar refractivity (Wildman–Crippen MR) is 103 cm³/mol. The lowest BCUT2D eigenvalue weighted by Gasteiger charge is -2.24. The fourth-order valence-corrected chi connectivity index (χ4v) is 3.81. The molecule has 0 aliphatic heterocycles. The standard InChI is InChI=1S/C22H38O/c1-6-11-16-21-19(14-9-4)17(12-7-2)18(13-8-3)20(15-10-5)22(21)23/h23H,6-16H2,1-5H3. The number of aromatic hydroxyl groups is 1. The Bertz CT molecular complexity index is 474. The second-order valence-corrected chi connectivity index (χ2v) is 6.84. The summed E-state index contributed by atoms with van der Waals surface area (Å²) in [5.41, 5.74) is 7.11. The fraction of sp³-hybridized carbons (Fsp3) is 0.727. The first-order chi connectivity index (χ1) is 11.2. The van der Waals surface area contributed by atoms with Gasteiger partial charge in [0.1, 0.15) is 5.75 Å². The SMILES string of the molecule is CCCCc1c(O)c(CCC)c(CCC)c(CCC)c1CCC. The molecule has 0 spiro atoms. The third-order valence-corrected chi connectivity index (χ3v) is 4.81. The molecule has 0 fully saturated rings. The quantitative estimate of drug-likeness (QED) is 0.491. The minimum absolute atomic E-state index is 0.645. The van der Waals surface area contributed by atoms with Crippen molar-refractivity contribution in [3.63, 3.8) is 0 Å². The zero-order valence-corrected chi connectivity index (χ0v) is 16.2. The maximum Gasteiger partial charge on any atom is 0.122 e. The summed E-state index contributed by atoms with van der Waals surface area (Å²) < 4.78 is 0. The molecule has 0 heterocycles. The van der Waals surface area contributed by atoms with E-state index in [1.807, 2.05) is 0 Å². The molecule has 0 saturated heterocycles. The summed E-state index contributed by atoms with van der Waals surface area (Å²) in [6.07, 6.45) is 12.4. The lowest BCUT2D eigenvalue weighted by Crippen LogP contribution is -2.10. The van der Waals surface area contributed by atoms with Crippen LogP contribution >= 0.6 is 0 Å². The Labute approximate surface area is 144 Å². The Morgan fingerprint density at radius 3 is 1.22 bits per heavy atom. The van der Waals surface area contributed by atoms with E-state index in [1.54, 1.807) is 5.56 Å². The van der Waals surface area contributed by atoms with Gasteiger partial charge in [0.25, 0.3) is 0 Å². The van der Waals surface area contributed by atoms with E-state index in [1.165, 1.54) is 47.9 Å². The highest BCUT2D eigenvalue weighted by Crippen LogP contribution is 2.37. The molecule has 0 saturated carbocycles. The van der Waals surface area contributed by atoms with E-state index < -0.39 is 0 Å². The number of rotatable bonds is 11. The van der Waals surface area contributed by atoms with Crippen molar-refractivity contribution in [2.24, 2.45) is 0 Å². The largest absolute Gasteiger partial charge is 0.507 e. The highest BCUT2D eigenvalue weighted by molar-refractivity contribution is 5.56. The number of benzene rings is 1.